The van der Waals surface area contributed by atoms with Gasteiger partial charge < -0.3 is 5.32 Å². The molecule has 0 spiro atoms. The predicted molar refractivity (Wildman–Crippen MR) is 97.7 cm³/mol. The van der Waals surface area contributed by atoms with Crippen LogP contribution in [0.3, 0.4) is 0 Å². The first-order chi connectivity index (χ1) is 11.8. The zero-order valence-corrected chi connectivity index (χ0v) is 15.0. The van der Waals surface area contributed by atoms with Gasteiger partial charge in [0.1, 0.15) is 5.82 Å². The number of nitrogens with zero attached hydrogens (tertiary/aromatic N) is 1. The van der Waals surface area contributed by atoms with Gasteiger partial charge in [-0.3, -0.25) is 9.10 Å². The van der Waals surface area contributed by atoms with Gasteiger partial charge in [0.2, 0.25) is 15.9 Å². The first kappa shape index (κ1) is 18.9. The molecule has 0 bridgehead atoms. The first-order valence-electron chi connectivity index (χ1n) is 7.92. The van der Waals surface area contributed by atoms with E-state index in [0.717, 1.165) is 28.6 Å². The molecule has 1 N–H and O–H groups in total. The predicted octanol–water partition coefficient (Wildman–Crippen LogP) is 3.18. The molecule has 0 aliphatic rings. The van der Waals surface area contributed by atoms with E-state index in [0.29, 0.717) is 5.69 Å². The van der Waals surface area contributed by atoms with E-state index in [-0.39, 0.29) is 24.6 Å². The van der Waals surface area contributed by atoms with E-state index < -0.39 is 15.8 Å². The smallest absolute Gasteiger partial charge is 0.232 e. The summed E-state index contributed by atoms with van der Waals surface area (Å²) in [6, 6.07) is 12.7. The zero-order chi connectivity index (χ0) is 18.4. The summed E-state index contributed by atoms with van der Waals surface area (Å²) in [5, 5.41) is 2.80. The summed E-state index contributed by atoms with van der Waals surface area (Å²) in [6.07, 6.45) is 1.76. The Bertz CT molecular complexity index is 853. The molecule has 2 aromatic rings. The lowest BCUT2D eigenvalue weighted by Gasteiger charge is -2.22. The van der Waals surface area contributed by atoms with Crippen molar-refractivity contribution in [1.82, 2.24) is 0 Å². The van der Waals surface area contributed by atoms with Gasteiger partial charge in [-0.15, -0.1) is 0 Å². The number of nitrogens with one attached hydrogen (secondary N) is 1. The number of amides is 1. The van der Waals surface area contributed by atoms with Crippen LogP contribution >= 0.6 is 0 Å². The number of hydrogen-bond acceptors (Lipinski definition) is 3. The molecule has 0 aliphatic carbocycles. The third-order valence-electron chi connectivity index (χ3n) is 3.71. The number of rotatable bonds is 7. The minimum Gasteiger partial charge on any atom is -0.326 e. The Morgan fingerprint density at radius 2 is 1.88 bits per heavy atom. The van der Waals surface area contributed by atoms with Crippen molar-refractivity contribution in [2.45, 2.75) is 19.8 Å². The molecule has 0 fully saturated rings. The monoisotopic (exact) mass is 364 g/mol. The zero-order valence-electron chi connectivity index (χ0n) is 14.2. The summed E-state index contributed by atoms with van der Waals surface area (Å²) in [6.45, 7) is 1.92. The quantitative estimate of drug-likeness (QED) is 0.820. The molecule has 25 heavy (non-hydrogen) atoms. The number of hydrogen-bond donors (Lipinski definition) is 1. The highest BCUT2D eigenvalue weighted by molar-refractivity contribution is 7.92. The molecular formula is C18H21FN2O3S. The summed E-state index contributed by atoms with van der Waals surface area (Å²) < 4.78 is 38.4. The average Bonchev–Trinajstić information content (AvgIpc) is 2.54. The van der Waals surface area contributed by atoms with Crippen molar-refractivity contribution in [3.63, 3.8) is 0 Å². The van der Waals surface area contributed by atoms with Crippen molar-refractivity contribution in [2.24, 2.45) is 0 Å². The van der Waals surface area contributed by atoms with Crippen LogP contribution in [0.4, 0.5) is 15.8 Å². The van der Waals surface area contributed by atoms with E-state index in [1.807, 2.05) is 25.1 Å². The highest BCUT2D eigenvalue weighted by Gasteiger charge is 2.19. The third-order valence-corrected chi connectivity index (χ3v) is 4.90. The second-order valence-electron chi connectivity index (χ2n) is 5.62. The second kappa shape index (κ2) is 8.11. The van der Waals surface area contributed by atoms with Crippen molar-refractivity contribution in [3.8, 4) is 0 Å². The number of aryl methyl sites for hydroxylation is 1. The largest absolute Gasteiger partial charge is 0.326 e. The maximum absolute atomic E-state index is 13.4. The first-order valence-corrected chi connectivity index (χ1v) is 9.77. The van der Waals surface area contributed by atoms with E-state index in [4.69, 9.17) is 0 Å². The molecule has 2 aromatic carbocycles. The van der Waals surface area contributed by atoms with Crippen molar-refractivity contribution < 1.29 is 17.6 Å². The van der Waals surface area contributed by atoms with Crippen molar-refractivity contribution >= 4 is 27.3 Å². The van der Waals surface area contributed by atoms with Gasteiger partial charge in [0.05, 0.1) is 11.9 Å². The minimum atomic E-state index is -3.63. The number of anilines is 2. The SMILES string of the molecule is CCc1ccccc1NC(=O)CCN(c1cccc(F)c1)S(C)(=O)=O. The number of carbonyl (C=O) groups excluding carboxylic acids is 1. The van der Waals surface area contributed by atoms with Crippen molar-refractivity contribution in [2.75, 3.05) is 22.4 Å². The Balaban J connectivity index is 2.09. The van der Waals surface area contributed by atoms with Gasteiger partial charge in [0, 0.05) is 18.7 Å². The van der Waals surface area contributed by atoms with Gasteiger partial charge in [-0.25, -0.2) is 12.8 Å². The van der Waals surface area contributed by atoms with Crippen molar-refractivity contribution in [1.29, 1.82) is 0 Å². The lowest BCUT2D eigenvalue weighted by molar-refractivity contribution is -0.116. The molecule has 0 aliphatic heterocycles. The molecule has 0 atom stereocenters. The Morgan fingerprint density at radius 1 is 1.16 bits per heavy atom. The second-order valence-corrected chi connectivity index (χ2v) is 7.53. The minimum absolute atomic E-state index is 0.0400. The topological polar surface area (TPSA) is 66.5 Å². The molecule has 134 valence electrons. The number of carbonyl (C=O) groups is 1. The van der Waals surface area contributed by atoms with Crippen LogP contribution in [0.15, 0.2) is 48.5 Å². The summed E-state index contributed by atoms with van der Waals surface area (Å²) in [7, 11) is -3.63. The van der Waals surface area contributed by atoms with Crippen LogP contribution in [0.5, 0.6) is 0 Å². The van der Waals surface area contributed by atoms with Gasteiger partial charge in [-0.1, -0.05) is 31.2 Å². The molecule has 2 rings (SSSR count). The molecule has 0 saturated heterocycles. The van der Waals surface area contributed by atoms with E-state index in [9.17, 15) is 17.6 Å². The Morgan fingerprint density at radius 3 is 2.52 bits per heavy atom. The van der Waals surface area contributed by atoms with Gasteiger partial charge in [0.25, 0.3) is 0 Å². The number of para-hydroxylation sites is 1. The van der Waals surface area contributed by atoms with Crippen LogP contribution in [-0.2, 0) is 21.2 Å². The summed E-state index contributed by atoms with van der Waals surface area (Å²) in [4.78, 5) is 12.2. The van der Waals surface area contributed by atoms with Crippen LogP contribution in [0.2, 0.25) is 0 Å². The Hall–Kier alpha value is -2.41. The van der Waals surface area contributed by atoms with Crippen molar-refractivity contribution in [3.05, 3.63) is 59.9 Å². The lowest BCUT2D eigenvalue weighted by atomic mass is 10.1. The Kier molecular flexibility index (Phi) is 6.14. The van der Waals surface area contributed by atoms with Crippen LogP contribution in [0.1, 0.15) is 18.9 Å². The fraction of sp³-hybridized carbons (Fsp3) is 0.278. The molecule has 7 heteroatoms. The number of benzene rings is 2. The molecule has 0 saturated carbocycles. The maximum Gasteiger partial charge on any atom is 0.232 e. The summed E-state index contributed by atoms with van der Waals surface area (Å²) in [5.41, 5.74) is 1.91. The lowest BCUT2D eigenvalue weighted by Crippen LogP contribution is -2.33. The highest BCUT2D eigenvalue weighted by Crippen LogP contribution is 2.20. The molecule has 0 unspecified atom stereocenters. The molecule has 0 heterocycles. The number of sulfonamides is 1. The molecular weight excluding hydrogens is 343 g/mol. The third kappa shape index (κ3) is 5.29. The van der Waals surface area contributed by atoms with Gasteiger partial charge in [-0.2, -0.15) is 0 Å². The average molecular weight is 364 g/mol. The fourth-order valence-corrected chi connectivity index (χ4v) is 3.40. The summed E-state index contributed by atoms with van der Waals surface area (Å²) in [5.74, 6) is -0.835. The van der Waals surface area contributed by atoms with Crippen LogP contribution < -0.4 is 9.62 Å². The van der Waals surface area contributed by atoms with Crippen LogP contribution in [0, 0.1) is 5.82 Å². The molecule has 0 radical (unpaired) electrons. The molecule has 0 aromatic heterocycles. The normalized spacial score (nSPS) is 11.2. The summed E-state index contributed by atoms with van der Waals surface area (Å²) >= 11 is 0. The van der Waals surface area contributed by atoms with Crippen LogP contribution in [0.25, 0.3) is 0 Å². The van der Waals surface area contributed by atoms with E-state index in [2.05, 4.69) is 5.32 Å². The molecule has 5 nitrogen and oxygen atoms in total. The standard InChI is InChI=1S/C18H21FN2O3S/c1-3-14-7-4-5-10-17(14)20-18(22)11-12-21(25(2,23)24)16-9-6-8-15(19)13-16/h4-10,13H,3,11-12H2,1-2H3,(H,20,22). The van der Waals surface area contributed by atoms with Gasteiger partial charge in [-0.05, 0) is 36.2 Å². The van der Waals surface area contributed by atoms with E-state index in [1.165, 1.54) is 18.2 Å². The highest BCUT2D eigenvalue weighted by atomic mass is 32.2. The molecule has 1 amide bonds. The van der Waals surface area contributed by atoms with Crippen LogP contribution in [-0.4, -0.2) is 27.1 Å². The van der Waals surface area contributed by atoms with Gasteiger partial charge >= 0.3 is 0 Å². The van der Waals surface area contributed by atoms with Gasteiger partial charge in [0.15, 0.2) is 0 Å². The number of halogens is 1. The van der Waals surface area contributed by atoms with E-state index >= 15 is 0 Å². The Labute approximate surface area is 147 Å². The maximum atomic E-state index is 13.4. The van der Waals surface area contributed by atoms with E-state index in [1.54, 1.807) is 6.07 Å². The fourth-order valence-electron chi connectivity index (χ4n) is 2.48.